The van der Waals surface area contributed by atoms with E-state index in [9.17, 15) is 0 Å². The molecule has 0 fully saturated rings. The Morgan fingerprint density at radius 1 is 1.19 bits per heavy atom. The molecule has 3 nitrogen and oxygen atoms in total. The Morgan fingerprint density at radius 3 is 2.81 bits per heavy atom. The summed E-state index contributed by atoms with van der Waals surface area (Å²) in [4.78, 5) is 11.0. The second-order valence-corrected chi connectivity index (χ2v) is 6.12. The fraction of sp³-hybridized carbons (Fsp3) is 0.125. The van der Waals surface area contributed by atoms with Crippen LogP contribution in [-0.2, 0) is 6.54 Å². The highest BCUT2D eigenvalue weighted by molar-refractivity contribution is 9.10. The molecule has 3 rings (SSSR count). The highest BCUT2D eigenvalue weighted by Gasteiger charge is 2.10. The normalized spacial score (nSPS) is 10.8. The van der Waals surface area contributed by atoms with Crippen molar-refractivity contribution in [3.8, 4) is 0 Å². The molecule has 5 heteroatoms. The molecular formula is C16H13BrClN3. The van der Waals surface area contributed by atoms with Crippen molar-refractivity contribution in [2.24, 2.45) is 0 Å². The van der Waals surface area contributed by atoms with Gasteiger partial charge in [-0.05, 0) is 39.7 Å². The van der Waals surface area contributed by atoms with Crippen LogP contribution in [0.2, 0.25) is 5.02 Å². The maximum Gasteiger partial charge on any atom is 0.112 e. The molecule has 21 heavy (non-hydrogen) atoms. The predicted octanol–water partition coefficient (Wildman–Crippen LogP) is 4.68. The van der Waals surface area contributed by atoms with E-state index in [-0.39, 0.29) is 0 Å². The third-order valence-electron chi connectivity index (χ3n) is 3.30. The largest absolute Gasteiger partial charge is 0.368 e. The average Bonchev–Trinajstić information content (AvgIpc) is 2.48. The zero-order chi connectivity index (χ0) is 14.8. The van der Waals surface area contributed by atoms with Crippen molar-refractivity contribution in [2.75, 3.05) is 11.9 Å². The molecule has 0 unspecified atom stereocenters. The van der Waals surface area contributed by atoms with Gasteiger partial charge in [-0.15, -0.1) is 0 Å². The van der Waals surface area contributed by atoms with Crippen molar-refractivity contribution in [1.29, 1.82) is 0 Å². The number of halogens is 2. The minimum atomic E-state index is 0.719. The maximum atomic E-state index is 6.23. The van der Waals surface area contributed by atoms with Crippen molar-refractivity contribution in [1.82, 2.24) is 9.97 Å². The number of hydrogen-bond acceptors (Lipinski definition) is 3. The van der Waals surface area contributed by atoms with E-state index in [2.05, 4.69) is 30.8 Å². The van der Waals surface area contributed by atoms with E-state index in [1.165, 1.54) is 0 Å². The van der Waals surface area contributed by atoms with Gasteiger partial charge in [0.05, 0.1) is 11.2 Å². The second-order valence-electron chi connectivity index (χ2n) is 4.80. The molecule has 2 heterocycles. The molecule has 0 amide bonds. The third-order valence-corrected chi connectivity index (χ3v) is 4.10. The van der Waals surface area contributed by atoms with Crippen molar-refractivity contribution in [3.05, 3.63) is 63.9 Å². The molecule has 1 aromatic carbocycles. The van der Waals surface area contributed by atoms with Gasteiger partial charge in [-0.25, -0.2) is 0 Å². The number of aromatic nitrogens is 2. The van der Waals surface area contributed by atoms with Gasteiger partial charge < -0.3 is 4.90 Å². The molecule has 0 aliphatic rings. The van der Waals surface area contributed by atoms with Crippen molar-refractivity contribution >= 4 is 44.3 Å². The van der Waals surface area contributed by atoms with Gasteiger partial charge >= 0.3 is 0 Å². The third kappa shape index (κ3) is 3.01. The minimum absolute atomic E-state index is 0.719. The lowest BCUT2D eigenvalue weighted by molar-refractivity contribution is 0.925. The number of pyridine rings is 2. The van der Waals surface area contributed by atoms with Crippen LogP contribution in [0.25, 0.3) is 11.0 Å². The zero-order valence-electron chi connectivity index (χ0n) is 11.4. The van der Waals surface area contributed by atoms with Gasteiger partial charge in [-0.3, -0.25) is 9.97 Å². The molecule has 0 spiro atoms. The van der Waals surface area contributed by atoms with Gasteiger partial charge in [-0.2, -0.15) is 0 Å². The van der Waals surface area contributed by atoms with Crippen LogP contribution in [0.3, 0.4) is 0 Å². The molecule has 106 valence electrons. The number of benzene rings is 1. The number of hydrogen-bond donors (Lipinski definition) is 0. The lowest BCUT2D eigenvalue weighted by Crippen LogP contribution is -2.17. The predicted molar refractivity (Wildman–Crippen MR) is 90.8 cm³/mol. The summed E-state index contributed by atoms with van der Waals surface area (Å²) in [5.41, 5.74) is 3.87. The van der Waals surface area contributed by atoms with Crippen molar-refractivity contribution in [3.63, 3.8) is 0 Å². The summed E-state index contributed by atoms with van der Waals surface area (Å²) in [7, 11) is 2.03. The standard InChI is InChI=1S/C16H13BrClN3/c1-21(10-11-4-2-3-5-13(11)18)15-6-7-19-14-8-12(17)9-20-16(14)15/h2-9H,10H2,1H3. The number of anilines is 1. The van der Waals surface area contributed by atoms with Crippen molar-refractivity contribution in [2.45, 2.75) is 6.54 Å². The van der Waals surface area contributed by atoms with Crippen LogP contribution in [-0.4, -0.2) is 17.0 Å². The molecule has 0 saturated carbocycles. The summed E-state index contributed by atoms with van der Waals surface area (Å²) >= 11 is 9.66. The molecule has 0 saturated heterocycles. The summed E-state index contributed by atoms with van der Waals surface area (Å²) in [5.74, 6) is 0. The van der Waals surface area contributed by atoms with Crippen LogP contribution in [0, 0.1) is 0 Å². The van der Waals surface area contributed by atoms with Crippen LogP contribution in [0.4, 0.5) is 5.69 Å². The smallest absolute Gasteiger partial charge is 0.112 e. The van der Waals surface area contributed by atoms with E-state index < -0.39 is 0 Å². The summed E-state index contributed by atoms with van der Waals surface area (Å²) in [5, 5.41) is 0.776. The van der Waals surface area contributed by atoms with Crippen LogP contribution < -0.4 is 4.90 Å². The second kappa shape index (κ2) is 6.00. The molecule has 0 aliphatic carbocycles. The van der Waals surface area contributed by atoms with Crippen LogP contribution in [0.5, 0.6) is 0 Å². The highest BCUT2D eigenvalue weighted by atomic mass is 79.9. The fourth-order valence-electron chi connectivity index (χ4n) is 2.27. The lowest BCUT2D eigenvalue weighted by atomic mass is 10.2. The number of fused-ring (bicyclic) bond motifs is 1. The number of nitrogens with zero attached hydrogens (tertiary/aromatic N) is 3. The zero-order valence-corrected chi connectivity index (χ0v) is 13.8. The Morgan fingerprint density at radius 2 is 2.00 bits per heavy atom. The summed E-state index contributed by atoms with van der Waals surface area (Å²) < 4.78 is 0.924. The van der Waals surface area contributed by atoms with E-state index in [0.29, 0.717) is 0 Å². The van der Waals surface area contributed by atoms with E-state index in [4.69, 9.17) is 11.6 Å². The Kier molecular flexibility index (Phi) is 4.08. The summed E-state index contributed by atoms with van der Waals surface area (Å²) in [6.45, 7) is 0.719. The van der Waals surface area contributed by atoms with E-state index in [1.807, 2.05) is 43.4 Å². The molecule has 3 aromatic rings. The van der Waals surface area contributed by atoms with Gasteiger partial charge in [0.1, 0.15) is 5.52 Å². The SMILES string of the molecule is CN(Cc1ccccc1Cl)c1ccnc2cc(Br)cnc12. The first kappa shape index (κ1) is 14.3. The van der Waals surface area contributed by atoms with Crippen LogP contribution >= 0.6 is 27.5 Å². The molecular weight excluding hydrogens is 350 g/mol. The van der Waals surface area contributed by atoms with Crippen LogP contribution in [0.15, 0.2) is 53.3 Å². The molecule has 0 N–H and O–H groups in total. The van der Waals surface area contributed by atoms with Gasteiger partial charge in [0.25, 0.3) is 0 Å². The van der Waals surface area contributed by atoms with Gasteiger partial charge in [0, 0.05) is 35.5 Å². The Balaban J connectivity index is 1.98. The van der Waals surface area contributed by atoms with Gasteiger partial charge in [-0.1, -0.05) is 29.8 Å². The number of rotatable bonds is 3. The summed E-state index contributed by atoms with van der Waals surface area (Å²) in [6.07, 6.45) is 3.59. The average molecular weight is 363 g/mol. The van der Waals surface area contributed by atoms with E-state index in [0.717, 1.165) is 38.3 Å². The van der Waals surface area contributed by atoms with Gasteiger partial charge in [0.2, 0.25) is 0 Å². The molecule has 0 atom stereocenters. The first-order valence-corrected chi connectivity index (χ1v) is 7.67. The maximum absolute atomic E-state index is 6.23. The first-order chi connectivity index (χ1) is 10.1. The first-order valence-electron chi connectivity index (χ1n) is 6.50. The lowest BCUT2D eigenvalue weighted by Gasteiger charge is -2.21. The Bertz CT molecular complexity index is 791. The van der Waals surface area contributed by atoms with E-state index >= 15 is 0 Å². The molecule has 0 aliphatic heterocycles. The minimum Gasteiger partial charge on any atom is -0.368 e. The summed E-state index contributed by atoms with van der Waals surface area (Å²) in [6, 6.07) is 11.8. The Hall–Kier alpha value is -1.65. The topological polar surface area (TPSA) is 29.0 Å². The van der Waals surface area contributed by atoms with Gasteiger partial charge in [0.15, 0.2) is 0 Å². The fourth-order valence-corrected chi connectivity index (χ4v) is 2.78. The highest BCUT2D eigenvalue weighted by Crippen LogP contribution is 2.26. The van der Waals surface area contributed by atoms with E-state index in [1.54, 1.807) is 12.4 Å². The molecule has 2 aromatic heterocycles. The molecule has 0 radical (unpaired) electrons. The molecule has 0 bridgehead atoms. The monoisotopic (exact) mass is 361 g/mol. The van der Waals surface area contributed by atoms with Crippen molar-refractivity contribution < 1.29 is 0 Å². The Labute approximate surface area is 136 Å². The van der Waals surface area contributed by atoms with Crippen LogP contribution in [0.1, 0.15) is 5.56 Å². The quantitative estimate of drug-likeness (QED) is 0.677.